The molecule has 3 heteroatoms. The Morgan fingerprint density at radius 2 is 2.14 bits per heavy atom. The highest BCUT2D eigenvalue weighted by molar-refractivity contribution is 5.43. The van der Waals surface area contributed by atoms with Crippen LogP contribution in [-0.4, -0.2) is 12.2 Å². The molecule has 0 spiro atoms. The fourth-order valence-corrected chi connectivity index (χ4v) is 1.29. The lowest BCUT2D eigenvalue weighted by molar-refractivity contribution is 0.395. The van der Waals surface area contributed by atoms with Gasteiger partial charge in [0.1, 0.15) is 11.5 Å². The number of phenols is 1. The number of nitrogens with two attached hydrogens (primary N) is 1. The SMILES string of the molecule is CC[C@@](C)(N)c1cc(OC)ccc1O. The summed E-state index contributed by atoms with van der Waals surface area (Å²) in [5.41, 5.74) is 6.25. The number of hydrogen-bond donors (Lipinski definition) is 2. The van der Waals surface area contributed by atoms with Crippen molar-refractivity contribution in [1.29, 1.82) is 0 Å². The number of ether oxygens (including phenoxy) is 1. The first kappa shape index (κ1) is 10.9. The van der Waals surface area contributed by atoms with E-state index < -0.39 is 5.54 Å². The van der Waals surface area contributed by atoms with Gasteiger partial charge in [-0.05, 0) is 31.5 Å². The molecule has 14 heavy (non-hydrogen) atoms. The molecular weight excluding hydrogens is 178 g/mol. The van der Waals surface area contributed by atoms with E-state index in [1.807, 2.05) is 13.8 Å². The first-order valence-electron chi connectivity index (χ1n) is 4.67. The van der Waals surface area contributed by atoms with E-state index in [-0.39, 0.29) is 5.75 Å². The Balaban J connectivity index is 3.18. The van der Waals surface area contributed by atoms with Crippen LogP contribution in [0, 0.1) is 0 Å². The summed E-state index contributed by atoms with van der Waals surface area (Å²) in [6, 6.07) is 5.10. The van der Waals surface area contributed by atoms with Gasteiger partial charge in [-0.3, -0.25) is 0 Å². The highest BCUT2D eigenvalue weighted by Crippen LogP contribution is 2.32. The number of phenolic OH excluding ortho intramolecular Hbond substituents is 1. The van der Waals surface area contributed by atoms with Gasteiger partial charge < -0.3 is 15.6 Å². The molecule has 0 unspecified atom stereocenters. The maximum atomic E-state index is 9.66. The molecule has 0 heterocycles. The maximum Gasteiger partial charge on any atom is 0.120 e. The minimum atomic E-state index is -0.515. The fourth-order valence-electron chi connectivity index (χ4n) is 1.29. The molecule has 1 aromatic rings. The number of methoxy groups -OCH3 is 1. The Bertz CT molecular complexity index is 321. The Morgan fingerprint density at radius 3 is 2.64 bits per heavy atom. The van der Waals surface area contributed by atoms with Crippen LogP contribution < -0.4 is 10.5 Å². The number of hydrogen-bond acceptors (Lipinski definition) is 3. The molecule has 0 bridgehead atoms. The first-order chi connectivity index (χ1) is 6.51. The largest absolute Gasteiger partial charge is 0.508 e. The van der Waals surface area contributed by atoms with Crippen molar-refractivity contribution < 1.29 is 9.84 Å². The Morgan fingerprint density at radius 1 is 1.50 bits per heavy atom. The lowest BCUT2D eigenvalue weighted by Crippen LogP contribution is -2.32. The molecule has 0 fully saturated rings. The summed E-state index contributed by atoms with van der Waals surface area (Å²) < 4.78 is 5.08. The Hall–Kier alpha value is -1.22. The quantitative estimate of drug-likeness (QED) is 0.775. The van der Waals surface area contributed by atoms with Gasteiger partial charge in [0.15, 0.2) is 0 Å². The van der Waals surface area contributed by atoms with E-state index in [1.54, 1.807) is 25.3 Å². The van der Waals surface area contributed by atoms with Gasteiger partial charge in [0.25, 0.3) is 0 Å². The Kier molecular flexibility index (Phi) is 3.01. The molecule has 78 valence electrons. The van der Waals surface area contributed by atoms with Crippen LogP contribution >= 0.6 is 0 Å². The zero-order chi connectivity index (χ0) is 10.8. The molecular formula is C11H17NO2. The highest BCUT2D eigenvalue weighted by Gasteiger charge is 2.22. The highest BCUT2D eigenvalue weighted by atomic mass is 16.5. The van der Waals surface area contributed by atoms with Crippen molar-refractivity contribution in [2.75, 3.05) is 7.11 Å². The smallest absolute Gasteiger partial charge is 0.120 e. The summed E-state index contributed by atoms with van der Waals surface area (Å²) in [7, 11) is 1.59. The van der Waals surface area contributed by atoms with Crippen LogP contribution in [0.15, 0.2) is 18.2 Å². The van der Waals surface area contributed by atoms with Crippen molar-refractivity contribution in [2.45, 2.75) is 25.8 Å². The molecule has 1 rings (SSSR count). The zero-order valence-electron chi connectivity index (χ0n) is 8.87. The van der Waals surface area contributed by atoms with Crippen LogP contribution in [0.1, 0.15) is 25.8 Å². The van der Waals surface area contributed by atoms with Gasteiger partial charge in [0.05, 0.1) is 7.11 Å². The molecule has 1 aromatic carbocycles. The van der Waals surface area contributed by atoms with Crippen molar-refractivity contribution >= 4 is 0 Å². The summed E-state index contributed by atoms with van der Waals surface area (Å²) in [6.07, 6.45) is 0.758. The zero-order valence-corrected chi connectivity index (χ0v) is 8.87. The summed E-state index contributed by atoms with van der Waals surface area (Å²) >= 11 is 0. The molecule has 0 aliphatic carbocycles. The summed E-state index contributed by atoms with van der Waals surface area (Å²) in [4.78, 5) is 0. The maximum absolute atomic E-state index is 9.66. The van der Waals surface area contributed by atoms with Crippen LogP contribution in [0.4, 0.5) is 0 Å². The van der Waals surface area contributed by atoms with Crippen LogP contribution in [0.2, 0.25) is 0 Å². The molecule has 0 aliphatic rings. The van der Waals surface area contributed by atoms with Gasteiger partial charge in [-0.15, -0.1) is 0 Å². The van der Waals surface area contributed by atoms with Crippen molar-refractivity contribution in [3.05, 3.63) is 23.8 Å². The number of benzene rings is 1. The third kappa shape index (κ3) is 1.99. The number of rotatable bonds is 3. The van der Waals surface area contributed by atoms with Crippen LogP contribution in [0.5, 0.6) is 11.5 Å². The topological polar surface area (TPSA) is 55.5 Å². The standard InChI is InChI=1S/C11H17NO2/c1-4-11(2,12)9-7-8(14-3)5-6-10(9)13/h5-7,13H,4,12H2,1-3H3/t11-/m1/s1. The normalized spacial score (nSPS) is 14.9. The second-order valence-electron chi connectivity index (χ2n) is 3.65. The molecule has 0 aromatic heterocycles. The first-order valence-corrected chi connectivity index (χ1v) is 4.67. The molecule has 3 N–H and O–H groups in total. The Labute approximate surface area is 84.5 Å². The third-order valence-corrected chi connectivity index (χ3v) is 2.55. The molecule has 3 nitrogen and oxygen atoms in total. The predicted molar refractivity (Wildman–Crippen MR) is 56.5 cm³/mol. The lowest BCUT2D eigenvalue weighted by atomic mass is 9.90. The van der Waals surface area contributed by atoms with E-state index >= 15 is 0 Å². The van der Waals surface area contributed by atoms with Crippen molar-refractivity contribution in [1.82, 2.24) is 0 Å². The van der Waals surface area contributed by atoms with Gasteiger partial charge in [-0.1, -0.05) is 6.92 Å². The minimum absolute atomic E-state index is 0.220. The molecule has 1 atom stereocenters. The monoisotopic (exact) mass is 195 g/mol. The lowest BCUT2D eigenvalue weighted by Gasteiger charge is -2.24. The van der Waals surface area contributed by atoms with Crippen LogP contribution in [0.25, 0.3) is 0 Å². The second-order valence-corrected chi connectivity index (χ2v) is 3.65. The van der Waals surface area contributed by atoms with Gasteiger partial charge in [0.2, 0.25) is 0 Å². The van der Waals surface area contributed by atoms with Crippen LogP contribution in [-0.2, 0) is 5.54 Å². The van der Waals surface area contributed by atoms with E-state index in [9.17, 15) is 5.11 Å². The molecule has 0 saturated carbocycles. The fraction of sp³-hybridized carbons (Fsp3) is 0.455. The van der Waals surface area contributed by atoms with E-state index in [4.69, 9.17) is 10.5 Å². The van der Waals surface area contributed by atoms with Crippen molar-refractivity contribution in [2.24, 2.45) is 5.73 Å². The number of aromatic hydroxyl groups is 1. The second kappa shape index (κ2) is 3.88. The summed E-state index contributed by atoms with van der Waals surface area (Å²) in [6.45, 7) is 3.88. The average Bonchev–Trinajstić information content (AvgIpc) is 2.18. The van der Waals surface area contributed by atoms with Gasteiger partial charge in [-0.25, -0.2) is 0 Å². The molecule has 0 amide bonds. The van der Waals surface area contributed by atoms with Crippen molar-refractivity contribution in [3.63, 3.8) is 0 Å². The van der Waals surface area contributed by atoms with Gasteiger partial charge in [0, 0.05) is 11.1 Å². The van der Waals surface area contributed by atoms with E-state index in [0.29, 0.717) is 5.75 Å². The average molecular weight is 195 g/mol. The summed E-state index contributed by atoms with van der Waals surface area (Å²) in [5, 5.41) is 9.66. The van der Waals surface area contributed by atoms with Gasteiger partial charge in [-0.2, -0.15) is 0 Å². The van der Waals surface area contributed by atoms with Crippen LogP contribution in [0.3, 0.4) is 0 Å². The molecule has 0 saturated heterocycles. The van der Waals surface area contributed by atoms with E-state index in [1.165, 1.54) is 0 Å². The minimum Gasteiger partial charge on any atom is -0.508 e. The third-order valence-electron chi connectivity index (χ3n) is 2.55. The predicted octanol–water partition coefficient (Wildman–Crippen LogP) is 1.98. The van der Waals surface area contributed by atoms with Gasteiger partial charge >= 0.3 is 0 Å². The summed E-state index contributed by atoms with van der Waals surface area (Å²) in [5.74, 6) is 0.931. The van der Waals surface area contributed by atoms with Crippen molar-refractivity contribution in [3.8, 4) is 11.5 Å². The van der Waals surface area contributed by atoms with E-state index in [0.717, 1.165) is 12.0 Å². The molecule has 0 radical (unpaired) electrons. The van der Waals surface area contributed by atoms with E-state index in [2.05, 4.69) is 0 Å². The molecule has 0 aliphatic heterocycles.